The second-order valence-corrected chi connectivity index (χ2v) is 40.5. The normalized spacial score (nSPS) is 14.5. The molecule has 0 spiro atoms. The van der Waals surface area contributed by atoms with Gasteiger partial charge < -0.3 is 14.9 Å². The van der Waals surface area contributed by atoms with Crippen molar-refractivity contribution < 1.29 is 28.8 Å². The summed E-state index contributed by atoms with van der Waals surface area (Å²) in [6.07, 6.45) is 22.6. The van der Waals surface area contributed by atoms with Crippen LogP contribution in [0.4, 0.5) is 11.4 Å². The molecular weight excluding hydrogens is 1730 g/mol. The maximum absolute atomic E-state index is 16.3. The van der Waals surface area contributed by atoms with E-state index in [2.05, 4.69) is 205 Å². The predicted octanol–water partition coefficient (Wildman–Crippen LogP) is 24.7. The predicted molar refractivity (Wildman–Crippen MR) is 558 cm³/mol. The van der Waals surface area contributed by atoms with Gasteiger partial charge in [-0.1, -0.05) is 186 Å². The molecule has 5 aromatic heterocycles. The Labute approximate surface area is 800 Å². The molecule has 0 atom stereocenters. The number of hydrazine groups is 1. The number of nitrogens with zero attached hydrogens (tertiary/aromatic N) is 8. The van der Waals surface area contributed by atoms with Gasteiger partial charge in [0.2, 0.25) is 0 Å². The fourth-order valence-electron chi connectivity index (χ4n) is 22.7. The number of rotatable bonds is 20. The lowest BCUT2D eigenvalue weighted by Gasteiger charge is -2.38. The minimum atomic E-state index is -1.04. The van der Waals surface area contributed by atoms with Crippen molar-refractivity contribution in [1.82, 2.24) is 39.1 Å². The lowest BCUT2D eigenvalue weighted by atomic mass is 9.78. The molecule has 8 bridgehead atoms. The second-order valence-electron chi connectivity index (χ2n) is 40.5. The van der Waals surface area contributed by atoms with E-state index in [1.165, 1.54) is 54.1 Å². The van der Waals surface area contributed by atoms with Crippen molar-refractivity contribution in [3.8, 4) is 44.8 Å². The summed E-state index contributed by atoms with van der Waals surface area (Å²) in [6, 6.07) is 58.1. The van der Waals surface area contributed by atoms with Crippen LogP contribution in [0.2, 0.25) is 0 Å². The number of fused-ring (bicyclic) bond motifs is 12. The van der Waals surface area contributed by atoms with E-state index in [4.69, 9.17) is 9.97 Å². The Morgan fingerprint density at radius 1 is 0.317 bits per heavy atom. The number of hydrogen-bond acceptors (Lipinski definition) is 13. The Balaban J connectivity index is 0.575. The van der Waals surface area contributed by atoms with Gasteiger partial charge in [-0.05, 0) is 280 Å². The number of amides is 6. The van der Waals surface area contributed by atoms with Gasteiger partial charge in [-0.3, -0.25) is 47.9 Å². The van der Waals surface area contributed by atoms with Crippen molar-refractivity contribution >= 4 is 169 Å². The molecule has 0 saturated carbocycles. The fraction of sp³-hybridized carbons (Fsp3) is 0.244. The number of H-pyrrole nitrogens is 2. The summed E-state index contributed by atoms with van der Waals surface area (Å²) in [5.41, 5.74) is 16.3. The number of aromatic nitrogens is 6. The highest BCUT2D eigenvalue weighted by atomic mass is 16.2. The van der Waals surface area contributed by atoms with Crippen LogP contribution in [0.3, 0.4) is 0 Å². The van der Waals surface area contributed by atoms with Gasteiger partial charge in [0.25, 0.3) is 57.7 Å². The Morgan fingerprint density at radius 2 is 0.705 bits per heavy atom. The van der Waals surface area contributed by atoms with Crippen LogP contribution in [-0.2, 0) is 30.1 Å². The number of anilines is 2. The lowest BCUT2D eigenvalue weighted by Crippen LogP contribution is -2.58. The topological polar surface area (TPSA) is 251 Å². The molecule has 0 radical (unpaired) electrons. The quantitative estimate of drug-likeness (QED) is 0.0312. The Kier molecular flexibility index (Phi) is 20.6. The minimum Gasteiger partial charge on any atom is -0.371 e. The van der Waals surface area contributed by atoms with E-state index >= 15 is 38.4 Å². The number of carbonyl (C=O) groups is 6. The molecule has 1 saturated heterocycles. The third-order valence-electron chi connectivity index (χ3n) is 29.9. The minimum absolute atomic E-state index is 0.0116. The fourth-order valence-corrected chi connectivity index (χ4v) is 22.7. The first-order valence-electron chi connectivity index (χ1n) is 48.9. The Morgan fingerprint density at radius 3 is 1.17 bits per heavy atom. The highest BCUT2D eigenvalue weighted by Gasteiger charge is 2.49. The molecule has 23 rings (SSSR count). The molecule has 20 nitrogen and oxygen atoms in total. The number of imide groups is 3. The highest BCUT2D eigenvalue weighted by Crippen LogP contribution is 2.54. The number of unbranched alkanes of at least 4 members (excludes halogenated alkanes) is 6. The third-order valence-corrected chi connectivity index (χ3v) is 29.9. The second kappa shape index (κ2) is 32.8. The molecule has 688 valence electrons. The van der Waals surface area contributed by atoms with Gasteiger partial charge in [0.15, 0.2) is 0 Å². The van der Waals surface area contributed by atoms with Crippen LogP contribution in [0.25, 0.3) is 167 Å². The molecule has 17 aromatic rings. The Hall–Kier alpha value is -15.7. The molecule has 6 aliphatic rings. The smallest absolute Gasteiger partial charge is 0.281 e. The first kappa shape index (κ1) is 87.4. The maximum atomic E-state index is 16.3. The summed E-state index contributed by atoms with van der Waals surface area (Å²) >= 11 is 0. The van der Waals surface area contributed by atoms with E-state index in [1.807, 2.05) is 24.3 Å². The molecule has 20 heteroatoms. The third kappa shape index (κ3) is 13.6. The van der Waals surface area contributed by atoms with Crippen molar-refractivity contribution in [2.45, 2.75) is 177 Å². The molecule has 0 unspecified atom stereocenters. The van der Waals surface area contributed by atoms with Crippen molar-refractivity contribution in [2.75, 3.05) is 22.9 Å². The molecular formula is C119H102N10O10. The largest absolute Gasteiger partial charge is 0.371 e. The molecule has 2 N–H and O–H groups in total. The van der Waals surface area contributed by atoms with Crippen molar-refractivity contribution in [1.29, 1.82) is 0 Å². The van der Waals surface area contributed by atoms with Crippen molar-refractivity contribution in [3.63, 3.8) is 0 Å². The van der Waals surface area contributed by atoms with Crippen LogP contribution in [0.1, 0.15) is 257 Å². The SMILES string of the molecule is CCCCCc1c2nc(c(CCCCC)c3ccc([nH]3)c(-c3ccc(-n4c(=O)c5cc6c(=O)n(-c7cc(C)c(N8C(=O)c9ccc%10c%11c(ccc(c9%11)C8=O)C(=O)N(N8C(=O)c9cc(-c%11ccc(C(C)(C)C)cc%11)c%11c%12cccc%13c(N%14CCCC%14)ccc(c%14c(-c%15ccc(C(C)(C)C)cc%15)cc(c9c%11%14)C8=O)c%13%12)C%10=O)cc7C)c(=O)c6cc5c4=O)cc3)c3nc(c(CCCCC)c4ccc1[nH]4)C=C3)C=C2. The van der Waals surface area contributed by atoms with E-state index in [-0.39, 0.29) is 93.6 Å². The lowest BCUT2D eigenvalue weighted by molar-refractivity contribution is 0.00213. The first-order valence-corrected chi connectivity index (χ1v) is 48.9. The van der Waals surface area contributed by atoms with Gasteiger partial charge in [-0.25, -0.2) is 24.0 Å². The highest BCUT2D eigenvalue weighted by molar-refractivity contribution is 6.45. The number of hydrogen-bond donors (Lipinski definition) is 2. The van der Waals surface area contributed by atoms with Crippen LogP contribution >= 0.6 is 0 Å². The van der Waals surface area contributed by atoms with E-state index < -0.39 is 57.7 Å². The zero-order valence-electron chi connectivity index (χ0n) is 79.7. The molecule has 1 fully saturated rings. The van der Waals surface area contributed by atoms with Gasteiger partial charge in [-0.15, -0.1) is 0 Å². The average Bonchev–Trinajstić information content (AvgIpc) is 1.23. The van der Waals surface area contributed by atoms with Crippen LogP contribution in [0.15, 0.2) is 207 Å². The number of carbonyl (C=O) groups excluding carboxylic acids is 6. The molecule has 6 amide bonds. The Bertz CT molecular complexity index is 8540. The monoisotopic (exact) mass is 1830 g/mol. The van der Waals surface area contributed by atoms with Crippen LogP contribution in [-0.4, -0.2) is 87.6 Å². The zero-order valence-corrected chi connectivity index (χ0v) is 79.7. The van der Waals surface area contributed by atoms with Crippen LogP contribution in [0, 0.1) is 13.8 Å². The first-order chi connectivity index (χ1) is 67.1. The molecule has 139 heavy (non-hydrogen) atoms. The van der Waals surface area contributed by atoms with Gasteiger partial charge in [0, 0.05) is 101 Å². The zero-order chi connectivity index (χ0) is 96.1. The van der Waals surface area contributed by atoms with E-state index in [0.29, 0.717) is 43.0 Å². The van der Waals surface area contributed by atoms with Crippen LogP contribution < -0.4 is 32.0 Å². The summed E-state index contributed by atoms with van der Waals surface area (Å²) in [4.78, 5) is 177. The van der Waals surface area contributed by atoms with Crippen molar-refractivity contribution in [3.05, 3.63) is 325 Å². The number of nitrogens with one attached hydrogen (secondary N) is 2. The average molecular weight is 1830 g/mol. The van der Waals surface area contributed by atoms with E-state index in [1.54, 1.807) is 26.0 Å². The standard InChI is InChI=1S/C119H102N10O10/c1-12-15-18-24-71-89-46-48-91(120-89)72(25-19-16-13-2)93-50-52-95(122-93)100(96-53-51-94(123-96)73(26-20-17-14-3)92-49-47-90(71)121-92)67-33-39-70(40-34-67)125-110(132)83-61-85-86(62-84(83)111(125)133)113(135)127(112(85)134)99-58-63(4)98(57-64(99)5)126-108(130)77-41-43-79-105-80(44-42-78(104(77)105)109(126)131)115(137)128(114(79)136)129-116(138)87-59-81(65-29-35-68(36-30-65)118(6,7)8)102-75-28-23-27-74-97(124-55-21-22-56-124)54-45-76(101(74)75)103-82(60-88(117(129)139)106(87)107(102)103)66-31-37-69(38-32-66)119(9,10)11/h23,27-54,57-62,120,123H,12-22,24-26,55-56H2,1-11H3. The summed E-state index contributed by atoms with van der Waals surface area (Å²) in [5.74, 6) is -5.52. The van der Waals surface area contributed by atoms with Gasteiger partial charge in [0.05, 0.1) is 83.6 Å². The summed E-state index contributed by atoms with van der Waals surface area (Å²) in [5, 5.41) is 7.74. The molecule has 6 aliphatic heterocycles. The van der Waals surface area contributed by atoms with Gasteiger partial charge >= 0.3 is 0 Å². The summed E-state index contributed by atoms with van der Waals surface area (Å²) in [6.45, 7) is 24.7. The van der Waals surface area contributed by atoms with Crippen molar-refractivity contribution in [2.24, 2.45) is 0 Å². The maximum Gasteiger partial charge on any atom is 0.281 e. The summed E-state index contributed by atoms with van der Waals surface area (Å²) in [7, 11) is 0. The van der Waals surface area contributed by atoms with E-state index in [0.717, 1.165) is 244 Å². The molecule has 0 aliphatic carbocycles. The number of aromatic amines is 2. The van der Waals surface area contributed by atoms with Gasteiger partial charge in [0.1, 0.15) is 0 Å². The molecule has 11 heterocycles. The van der Waals surface area contributed by atoms with Crippen LogP contribution in [0.5, 0.6) is 0 Å². The van der Waals surface area contributed by atoms with Gasteiger partial charge in [-0.2, -0.15) is 10.0 Å². The van der Waals surface area contributed by atoms with E-state index in [9.17, 15) is 9.59 Å². The number of aryl methyl sites for hydroxylation is 5. The number of benzene rings is 12. The molecule has 12 aromatic carbocycles. The summed E-state index contributed by atoms with van der Waals surface area (Å²) < 4.78 is 2.03.